The van der Waals surface area contributed by atoms with E-state index in [0.29, 0.717) is 13.0 Å². The molecule has 1 heterocycles. The number of hydrogen-bond donors (Lipinski definition) is 2. The van der Waals surface area contributed by atoms with E-state index in [0.717, 1.165) is 17.9 Å². The first-order valence-corrected chi connectivity index (χ1v) is 6.00. The second-order valence-corrected chi connectivity index (χ2v) is 4.32. The molecule has 0 aliphatic heterocycles. The lowest BCUT2D eigenvalue weighted by molar-refractivity contribution is -0.120. The van der Waals surface area contributed by atoms with Crippen molar-refractivity contribution in [1.82, 2.24) is 15.1 Å². The van der Waals surface area contributed by atoms with Crippen LogP contribution in [-0.2, 0) is 11.3 Å². The van der Waals surface area contributed by atoms with Crippen molar-refractivity contribution < 1.29 is 4.79 Å². The van der Waals surface area contributed by atoms with Crippen molar-refractivity contribution in [2.75, 3.05) is 6.54 Å². The summed E-state index contributed by atoms with van der Waals surface area (Å²) >= 11 is 0. The highest BCUT2D eigenvalue weighted by molar-refractivity contribution is 5.79. The number of aromatic nitrogens is 2. The van der Waals surface area contributed by atoms with E-state index in [1.807, 2.05) is 25.5 Å². The third-order valence-corrected chi connectivity index (χ3v) is 3.17. The molecule has 0 saturated carbocycles. The summed E-state index contributed by atoms with van der Waals surface area (Å²) in [6.45, 7) is 9.51. The zero-order valence-electron chi connectivity index (χ0n) is 11.1. The first-order chi connectivity index (χ1) is 7.97. The number of amides is 1. The van der Waals surface area contributed by atoms with Gasteiger partial charge in [-0.2, -0.15) is 5.10 Å². The van der Waals surface area contributed by atoms with Crippen LogP contribution in [0.15, 0.2) is 0 Å². The number of likely N-dealkylation sites (N-methyl/N-ethyl adjacent to an activating group) is 1. The number of carbonyl (C=O) groups excluding carboxylic acids is 1. The molecule has 0 aliphatic rings. The Kier molecular flexibility index (Phi) is 4.69. The molecule has 1 unspecified atom stereocenters. The van der Waals surface area contributed by atoms with Gasteiger partial charge in [0.05, 0.1) is 11.7 Å². The molecule has 0 fully saturated rings. The van der Waals surface area contributed by atoms with Crippen molar-refractivity contribution in [3.63, 3.8) is 0 Å². The number of nitrogens with one attached hydrogen (secondary N) is 1. The molecule has 5 nitrogen and oxygen atoms in total. The molecule has 96 valence electrons. The fourth-order valence-corrected chi connectivity index (χ4v) is 1.85. The molecule has 0 aliphatic carbocycles. The summed E-state index contributed by atoms with van der Waals surface area (Å²) in [4.78, 5) is 11.2. The van der Waals surface area contributed by atoms with Crippen LogP contribution in [-0.4, -0.2) is 28.3 Å². The molecule has 1 aromatic rings. The number of nitrogens with two attached hydrogens (primary N) is 1. The normalized spacial score (nSPS) is 12.7. The predicted octanol–water partition coefficient (Wildman–Crippen LogP) is 0.662. The Balaban J connectivity index is 2.65. The molecule has 0 radical (unpaired) electrons. The van der Waals surface area contributed by atoms with Gasteiger partial charge in [-0.3, -0.25) is 9.48 Å². The fourth-order valence-electron chi connectivity index (χ4n) is 1.85. The summed E-state index contributed by atoms with van der Waals surface area (Å²) in [5, 5.41) is 7.52. The number of nitrogens with zero attached hydrogens (tertiary/aromatic N) is 2. The fraction of sp³-hybridized carbons (Fsp3) is 0.667. The molecule has 5 heteroatoms. The van der Waals surface area contributed by atoms with Crippen LogP contribution in [0.2, 0.25) is 0 Å². The van der Waals surface area contributed by atoms with E-state index < -0.39 is 0 Å². The van der Waals surface area contributed by atoms with Crippen molar-refractivity contribution in [3.8, 4) is 0 Å². The minimum Gasteiger partial charge on any atom is -0.368 e. The minimum atomic E-state index is -0.301. The first-order valence-electron chi connectivity index (χ1n) is 6.00. The summed E-state index contributed by atoms with van der Waals surface area (Å²) in [6.07, 6.45) is 0.671. The molecule has 1 atom stereocenters. The van der Waals surface area contributed by atoms with Crippen LogP contribution in [0.1, 0.15) is 30.3 Å². The molecule has 0 spiro atoms. The number of rotatable bonds is 6. The van der Waals surface area contributed by atoms with E-state index in [4.69, 9.17) is 5.73 Å². The van der Waals surface area contributed by atoms with Gasteiger partial charge in [0.1, 0.15) is 0 Å². The van der Waals surface area contributed by atoms with E-state index in [2.05, 4.69) is 17.3 Å². The maximum atomic E-state index is 11.2. The maximum Gasteiger partial charge on any atom is 0.234 e. The van der Waals surface area contributed by atoms with E-state index in [-0.39, 0.29) is 11.9 Å². The minimum absolute atomic E-state index is 0.274. The Bertz CT molecular complexity index is 397. The second-order valence-electron chi connectivity index (χ2n) is 4.32. The molecular formula is C12H22N4O. The Morgan fingerprint density at radius 2 is 2.12 bits per heavy atom. The summed E-state index contributed by atoms with van der Waals surface area (Å²) < 4.78 is 1.94. The Morgan fingerprint density at radius 1 is 1.47 bits per heavy atom. The summed E-state index contributed by atoms with van der Waals surface area (Å²) in [5.41, 5.74) is 8.74. The van der Waals surface area contributed by atoms with Gasteiger partial charge >= 0.3 is 0 Å². The van der Waals surface area contributed by atoms with Gasteiger partial charge in [-0.25, -0.2) is 0 Å². The maximum absolute atomic E-state index is 11.2. The molecule has 1 amide bonds. The van der Waals surface area contributed by atoms with Crippen molar-refractivity contribution in [2.24, 2.45) is 5.73 Å². The van der Waals surface area contributed by atoms with Crippen LogP contribution in [0, 0.1) is 20.8 Å². The summed E-state index contributed by atoms with van der Waals surface area (Å²) in [6, 6.07) is -0.274. The van der Waals surface area contributed by atoms with E-state index in [9.17, 15) is 4.79 Å². The van der Waals surface area contributed by atoms with Crippen LogP contribution in [0.25, 0.3) is 0 Å². The summed E-state index contributed by atoms with van der Waals surface area (Å²) in [5.74, 6) is -0.301. The van der Waals surface area contributed by atoms with Gasteiger partial charge in [-0.1, -0.05) is 6.92 Å². The Labute approximate surface area is 102 Å². The van der Waals surface area contributed by atoms with Crippen molar-refractivity contribution in [1.29, 1.82) is 0 Å². The lowest BCUT2D eigenvalue weighted by atomic mass is 10.2. The van der Waals surface area contributed by atoms with Gasteiger partial charge < -0.3 is 11.1 Å². The number of aryl methyl sites for hydroxylation is 2. The third-order valence-electron chi connectivity index (χ3n) is 3.17. The molecule has 3 N–H and O–H groups in total. The molecule has 17 heavy (non-hydrogen) atoms. The van der Waals surface area contributed by atoms with Gasteiger partial charge in [0, 0.05) is 12.2 Å². The molecule has 0 aromatic carbocycles. The monoisotopic (exact) mass is 238 g/mol. The Hall–Kier alpha value is -1.36. The van der Waals surface area contributed by atoms with Crippen molar-refractivity contribution in [3.05, 3.63) is 17.0 Å². The summed E-state index contributed by atoms with van der Waals surface area (Å²) in [7, 11) is 0. The highest BCUT2D eigenvalue weighted by atomic mass is 16.1. The number of primary amides is 1. The highest BCUT2D eigenvalue weighted by Gasteiger charge is 2.15. The van der Waals surface area contributed by atoms with Crippen molar-refractivity contribution >= 4 is 5.91 Å². The van der Waals surface area contributed by atoms with Crippen LogP contribution in [0.3, 0.4) is 0 Å². The topological polar surface area (TPSA) is 72.9 Å². The zero-order valence-corrected chi connectivity index (χ0v) is 11.1. The average Bonchev–Trinajstić information content (AvgIpc) is 2.52. The number of carbonyl (C=O) groups is 1. The molecule has 1 aromatic heterocycles. The quantitative estimate of drug-likeness (QED) is 0.764. The lowest BCUT2D eigenvalue weighted by Crippen LogP contribution is -2.41. The molecule has 0 saturated heterocycles. The van der Waals surface area contributed by atoms with Crippen molar-refractivity contribution in [2.45, 2.75) is 46.7 Å². The molecule has 1 rings (SSSR count). The van der Waals surface area contributed by atoms with E-state index in [1.165, 1.54) is 5.56 Å². The molecule has 0 bridgehead atoms. The SMILES string of the molecule is CCNC(CCn1nc(C)c(C)c1C)C(N)=O. The zero-order chi connectivity index (χ0) is 13.0. The second kappa shape index (κ2) is 5.82. The average molecular weight is 238 g/mol. The van der Waals surface area contributed by atoms with Gasteiger partial charge in [0.15, 0.2) is 0 Å². The molecular weight excluding hydrogens is 216 g/mol. The van der Waals surface area contributed by atoms with Gasteiger partial charge in [-0.05, 0) is 39.3 Å². The van der Waals surface area contributed by atoms with Crippen LogP contribution >= 0.6 is 0 Å². The van der Waals surface area contributed by atoms with E-state index in [1.54, 1.807) is 0 Å². The van der Waals surface area contributed by atoms with Gasteiger partial charge in [-0.15, -0.1) is 0 Å². The smallest absolute Gasteiger partial charge is 0.234 e. The highest BCUT2D eigenvalue weighted by Crippen LogP contribution is 2.11. The van der Waals surface area contributed by atoms with Crippen LogP contribution < -0.4 is 11.1 Å². The third kappa shape index (κ3) is 3.30. The van der Waals surface area contributed by atoms with Gasteiger partial charge in [0.25, 0.3) is 0 Å². The predicted molar refractivity (Wildman–Crippen MR) is 67.7 cm³/mol. The van der Waals surface area contributed by atoms with Crippen LogP contribution in [0.5, 0.6) is 0 Å². The standard InChI is InChI=1S/C12H22N4O/c1-5-14-11(12(13)17)6-7-16-10(4)8(2)9(3)15-16/h11,14H,5-7H2,1-4H3,(H2,13,17). The Morgan fingerprint density at radius 3 is 2.53 bits per heavy atom. The van der Waals surface area contributed by atoms with Crippen LogP contribution in [0.4, 0.5) is 0 Å². The largest absolute Gasteiger partial charge is 0.368 e. The lowest BCUT2D eigenvalue weighted by Gasteiger charge is -2.14. The number of hydrogen-bond acceptors (Lipinski definition) is 3. The van der Waals surface area contributed by atoms with Gasteiger partial charge in [0.2, 0.25) is 5.91 Å². The first kappa shape index (κ1) is 13.7. The van der Waals surface area contributed by atoms with E-state index >= 15 is 0 Å².